The molecule has 12 heavy (non-hydrogen) atoms. The van der Waals surface area contributed by atoms with Crippen LogP contribution in [0.15, 0.2) is 0 Å². The van der Waals surface area contributed by atoms with Crippen molar-refractivity contribution in [2.24, 2.45) is 0 Å². The van der Waals surface area contributed by atoms with Gasteiger partial charge in [0.1, 0.15) is 0 Å². The molecule has 2 atom stereocenters. The molecule has 0 aromatic rings. The number of rotatable bonds is 2. The van der Waals surface area contributed by atoms with Crippen molar-refractivity contribution in [3.05, 3.63) is 0 Å². The second kappa shape index (κ2) is 2.75. The lowest BCUT2D eigenvalue weighted by Gasteiger charge is -2.01. The van der Waals surface area contributed by atoms with Crippen LogP contribution in [0, 0.1) is 0 Å². The van der Waals surface area contributed by atoms with E-state index in [-0.39, 0.29) is 0 Å². The van der Waals surface area contributed by atoms with Crippen LogP contribution in [0.25, 0.3) is 0 Å². The first-order valence-corrected chi connectivity index (χ1v) is 3.40. The van der Waals surface area contributed by atoms with Crippen molar-refractivity contribution in [3.63, 3.8) is 0 Å². The van der Waals surface area contributed by atoms with Gasteiger partial charge in [-0.3, -0.25) is 0 Å². The van der Waals surface area contributed by atoms with E-state index in [0.29, 0.717) is 0 Å². The number of esters is 2. The Kier molecular flexibility index (Phi) is 2.06. The molecule has 1 aliphatic heterocycles. The quantitative estimate of drug-likeness (QED) is 0.416. The Hall–Kier alpha value is -1.10. The molecule has 1 saturated heterocycles. The first kappa shape index (κ1) is 8.99. The zero-order valence-electron chi connectivity index (χ0n) is 7.12. The van der Waals surface area contributed by atoms with Crippen LogP contribution < -0.4 is 0 Å². The topological polar surface area (TPSA) is 65.1 Å². The smallest absolute Gasteiger partial charge is 0.341 e. The Bertz CT molecular complexity index is 224. The van der Waals surface area contributed by atoms with Gasteiger partial charge in [-0.1, -0.05) is 0 Å². The molecule has 0 N–H and O–H groups in total. The first-order chi connectivity index (χ1) is 5.56. The van der Waals surface area contributed by atoms with Crippen LogP contribution in [-0.4, -0.2) is 37.9 Å². The normalized spacial score (nSPS) is 32.4. The van der Waals surface area contributed by atoms with Gasteiger partial charge in [-0.05, 0) is 6.92 Å². The molecule has 0 spiro atoms. The van der Waals surface area contributed by atoms with Crippen molar-refractivity contribution < 1.29 is 23.8 Å². The largest absolute Gasteiger partial charge is 0.467 e. The monoisotopic (exact) mass is 174 g/mol. The number of hydrogen-bond donors (Lipinski definition) is 0. The molecule has 1 heterocycles. The fourth-order valence-corrected chi connectivity index (χ4v) is 0.949. The van der Waals surface area contributed by atoms with Gasteiger partial charge in [-0.25, -0.2) is 9.59 Å². The summed E-state index contributed by atoms with van der Waals surface area (Å²) in [5, 5.41) is 0. The standard InChI is InChI=1S/C7H10O5/c1-7(6(9)11-3)4(12-7)5(8)10-2/h4H,1-3H3/t4-,7+/m1/s1. The van der Waals surface area contributed by atoms with Crippen molar-refractivity contribution in [1.82, 2.24) is 0 Å². The molecule has 0 aliphatic carbocycles. The second-order valence-corrected chi connectivity index (χ2v) is 2.62. The highest BCUT2D eigenvalue weighted by Crippen LogP contribution is 2.37. The highest BCUT2D eigenvalue weighted by atomic mass is 16.7. The third kappa shape index (κ3) is 1.16. The van der Waals surface area contributed by atoms with Crippen molar-refractivity contribution in [2.75, 3.05) is 14.2 Å². The van der Waals surface area contributed by atoms with Gasteiger partial charge in [0.15, 0.2) is 11.7 Å². The Balaban J connectivity index is 2.59. The first-order valence-electron chi connectivity index (χ1n) is 3.40. The molecule has 5 nitrogen and oxygen atoms in total. The van der Waals surface area contributed by atoms with E-state index in [1.54, 1.807) is 0 Å². The minimum absolute atomic E-state index is 0.553. The molecule has 1 aliphatic rings. The van der Waals surface area contributed by atoms with Crippen molar-refractivity contribution in [2.45, 2.75) is 18.6 Å². The van der Waals surface area contributed by atoms with Gasteiger partial charge in [-0.2, -0.15) is 0 Å². The van der Waals surface area contributed by atoms with Crippen LogP contribution in [-0.2, 0) is 23.8 Å². The molecule has 68 valence electrons. The average molecular weight is 174 g/mol. The summed E-state index contributed by atoms with van der Waals surface area (Å²) in [5.74, 6) is -1.11. The van der Waals surface area contributed by atoms with Crippen molar-refractivity contribution >= 4 is 11.9 Å². The van der Waals surface area contributed by atoms with E-state index in [9.17, 15) is 9.59 Å². The van der Waals surface area contributed by atoms with Crippen LogP contribution >= 0.6 is 0 Å². The van der Waals surface area contributed by atoms with Crippen LogP contribution in [0.5, 0.6) is 0 Å². The molecule has 0 unspecified atom stereocenters. The van der Waals surface area contributed by atoms with Crippen LogP contribution in [0.1, 0.15) is 6.92 Å². The molecule has 0 radical (unpaired) electrons. The molecule has 1 rings (SSSR count). The molecule has 0 amide bonds. The average Bonchev–Trinajstić information content (AvgIpc) is 2.76. The lowest BCUT2D eigenvalue weighted by Crippen LogP contribution is -2.28. The predicted octanol–water partition coefficient (Wildman–Crippen LogP) is -0.510. The SMILES string of the molecule is COC(=O)[C@H]1O[C@]1(C)C(=O)OC. The number of hydrogen-bond acceptors (Lipinski definition) is 5. The Morgan fingerprint density at radius 2 is 1.92 bits per heavy atom. The zero-order valence-corrected chi connectivity index (χ0v) is 7.12. The van der Waals surface area contributed by atoms with Crippen LogP contribution in [0.4, 0.5) is 0 Å². The molecule has 0 aromatic carbocycles. The van der Waals surface area contributed by atoms with E-state index in [1.165, 1.54) is 21.1 Å². The molecule has 0 saturated carbocycles. The lowest BCUT2D eigenvalue weighted by atomic mass is 10.1. The molecule has 5 heteroatoms. The van der Waals surface area contributed by atoms with E-state index >= 15 is 0 Å². The molecule has 0 aromatic heterocycles. The van der Waals surface area contributed by atoms with Gasteiger partial charge < -0.3 is 14.2 Å². The van der Waals surface area contributed by atoms with Gasteiger partial charge >= 0.3 is 11.9 Å². The maximum atomic E-state index is 11.0. The van der Waals surface area contributed by atoms with E-state index < -0.39 is 23.6 Å². The fourth-order valence-electron chi connectivity index (χ4n) is 0.949. The predicted molar refractivity (Wildman–Crippen MR) is 37.3 cm³/mol. The van der Waals surface area contributed by atoms with E-state index in [2.05, 4.69) is 9.47 Å². The fraction of sp³-hybridized carbons (Fsp3) is 0.714. The van der Waals surface area contributed by atoms with Gasteiger partial charge in [0.2, 0.25) is 0 Å². The summed E-state index contributed by atoms with van der Waals surface area (Å²) in [6.07, 6.45) is -0.810. The lowest BCUT2D eigenvalue weighted by molar-refractivity contribution is -0.147. The number of methoxy groups -OCH3 is 2. The summed E-state index contributed by atoms with van der Waals surface area (Å²) in [5.41, 5.74) is -1.14. The maximum Gasteiger partial charge on any atom is 0.341 e. The van der Waals surface area contributed by atoms with Gasteiger partial charge in [-0.15, -0.1) is 0 Å². The van der Waals surface area contributed by atoms with Crippen LogP contribution in [0.2, 0.25) is 0 Å². The number of epoxide rings is 1. The Labute approximate surface area is 69.6 Å². The maximum absolute atomic E-state index is 11.0. The van der Waals surface area contributed by atoms with E-state index in [0.717, 1.165) is 0 Å². The highest BCUT2D eigenvalue weighted by molar-refractivity contribution is 5.93. The summed E-state index contributed by atoms with van der Waals surface area (Å²) in [6, 6.07) is 0. The molecular weight excluding hydrogens is 164 g/mol. The minimum atomic E-state index is -1.14. The Morgan fingerprint density at radius 3 is 2.33 bits per heavy atom. The molecular formula is C7H10O5. The second-order valence-electron chi connectivity index (χ2n) is 2.62. The summed E-state index contributed by atoms with van der Waals surface area (Å²) >= 11 is 0. The Morgan fingerprint density at radius 1 is 1.33 bits per heavy atom. The van der Waals surface area contributed by atoms with E-state index in [1.807, 2.05) is 0 Å². The third-order valence-electron chi connectivity index (χ3n) is 1.81. The molecule has 0 bridgehead atoms. The number of ether oxygens (including phenoxy) is 3. The van der Waals surface area contributed by atoms with Crippen molar-refractivity contribution in [1.29, 1.82) is 0 Å². The van der Waals surface area contributed by atoms with Crippen LogP contribution in [0.3, 0.4) is 0 Å². The summed E-state index contributed by atoms with van der Waals surface area (Å²) in [7, 11) is 2.48. The molecule has 1 fully saturated rings. The van der Waals surface area contributed by atoms with Gasteiger partial charge in [0.25, 0.3) is 0 Å². The number of carbonyl (C=O) groups is 2. The van der Waals surface area contributed by atoms with Gasteiger partial charge in [0.05, 0.1) is 14.2 Å². The minimum Gasteiger partial charge on any atom is -0.467 e. The third-order valence-corrected chi connectivity index (χ3v) is 1.81. The zero-order chi connectivity index (χ0) is 9.35. The number of carbonyl (C=O) groups excluding carboxylic acids is 2. The summed E-state index contributed by atoms with van der Waals surface area (Å²) in [6.45, 7) is 1.49. The summed E-state index contributed by atoms with van der Waals surface area (Å²) in [4.78, 5) is 21.8. The highest BCUT2D eigenvalue weighted by Gasteiger charge is 2.64. The van der Waals surface area contributed by atoms with E-state index in [4.69, 9.17) is 4.74 Å². The van der Waals surface area contributed by atoms with Gasteiger partial charge in [0, 0.05) is 0 Å². The summed E-state index contributed by atoms with van der Waals surface area (Å²) < 4.78 is 13.7. The van der Waals surface area contributed by atoms with Crippen molar-refractivity contribution in [3.8, 4) is 0 Å².